The highest BCUT2D eigenvalue weighted by Gasteiger charge is 2.24. The molecule has 0 aliphatic rings. The number of thioether (sulfide) groups is 1. The van der Waals surface area contributed by atoms with Crippen molar-refractivity contribution in [2.75, 3.05) is 18.6 Å². The van der Waals surface area contributed by atoms with Gasteiger partial charge in [-0.3, -0.25) is 19.2 Å². The van der Waals surface area contributed by atoms with Gasteiger partial charge in [0.15, 0.2) is 0 Å². The molecule has 0 radical (unpaired) electrons. The molecule has 0 spiro atoms. The Morgan fingerprint density at radius 1 is 1.08 bits per heavy atom. The third-order valence-corrected chi connectivity index (χ3v) is 3.79. The predicted octanol–water partition coefficient (Wildman–Crippen LogP) is -2.27. The van der Waals surface area contributed by atoms with Crippen LogP contribution in [-0.2, 0) is 24.0 Å². The minimum atomic E-state index is -1.30. The normalized spacial score (nSPS) is 13.8. The van der Waals surface area contributed by atoms with Crippen LogP contribution < -0.4 is 21.7 Å². The summed E-state index contributed by atoms with van der Waals surface area (Å²) >= 11 is 1.44. The smallest absolute Gasteiger partial charge is 0.326 e. The van der Waals surface area contributed by atoms with Crippen LogP contribution in [0.4, 0.5) is 0 Å². The molecule has 0 aliphatic heterocycles. The first-order chi connectivity index (χ1) is 12.1. The van der Waals surface area contributed by atoms with Crippen molar-refractivity contribution in [1.82, 2.24) is 16.0 Å². The summed E-state index contributed by atoms with van der Waals surface area (Å²) in [6.45, 7) is 0.858. The Labute approximate surface area is 154 Å². The third-order valence-electron chi connectivity index (χ3n) is 3.15. The highest BCUT2D eigenvalue weighted by atomic mass is 32.2. The molecular formula is C14H24N4O7S. The molecule has 0 aromatic heterocycles. The van der Waals surface area contributed by atoms with Gasteiger partial charge in [-0.05, 0) is 25.4 Å². The van der Waals surface area contributed by atoms with E-state index in [0.717, 1.165) is 0 Å². The summed E-state index contributed by atoms with van der Waals surface area (Å²) in [7, 11) is 0. The van der Waals surface area contributed by atoms with Gasteiger partial charge >= 0.3 is 11.9 Å². The van der Waals surface area contributed by atoms with E-state index >= 15 is 0 Å². The number of hydrogen-bond donors (Lipinski definition) is 6. The van der Waals surface area contributed by atoms with E-state index in [1.807, 2.05) is 0 Å². The Morgan fingerprint density at radius 3 is 2.19 bits per heavy atom. The molecule has 12 heteroatoms. The number of aliphatic carboxylic acids is 2. The van der Waals surface area contributed by atoms with E-state index in [1.165, 1.54) is 18.7 Å². The Kier molecular flexibility index (Phi) is 11.0. The maximum absolute atomic E-state index is 12.0. The molecule has 7 N–H and O–H groups in total. The molecule has 3 amide bonds. The van der Waals surface area contributed by atoms with Gasteiger partial charge in [0.25, 0.3) is 0 Å². The van der Waals surface area contributed by atoms with Crippen molar-refractivity contribution in [3.8, 4) is 0 Å². The number of hydrogen-bond acceptors (Lipinski definition) is 7. The minimum Gasteiger partial charge on any atom is -0.481 e. The van der Waals surface area contributed by atoms with Crippen LogP contribution in [0.3, 0.4) is 0 Å². The van der Waals surface area contributed by atoms with E-state index in [4.69, 9.17) is 15.9 Å². The van der Waals surface area contributed by atoms with Crippen LogP contribution in [0.1, 0.15) is 19.8 Å². The maximum atomic E-state index is 12.0. The van der Waals surface area contributed by atoms with E-state index < -0.39 is 60.8 Å². The molecule has 0 bridgehead atoms. The topological polar surface area (TPSA) is 188 Å². The van der Waals surface area contributed by atoms with Crippen molar-refractivity contribution >= 4 is 41.4 Å². The van der Waals surface area contributed by atoms with Crippen LogP contribution >= 0.6 is 11.8 Å². The fourth-order valence-electron chi connectivity index (χ4n) is 1.73. The number of carboxylic acids is 2. The van der Waals surface area contributed by atoms with Crippen LogP contribution in [0.5, 0.6) is 0 Å². The van der Waals surface area contributed by atoms with Crippen LogP contribution in [0.2, 0.25) is 0 Å². The molecule has 26 heavy (non-hydrogen) atoms. The molecule has 0 rings (SSSR count). The first kappa shape index (κ1) is 23.7. The van der Waals surface area contributed by atoms with Crippen molar-refractivity contribution in [2.24, 2.45) is 5.73 Å². The van der Waals surface area contributed by atoms with Crippen LogP contribution in [-0.4, -0.2) is 76.6 Å². The van der Waals surface area contributed by atoms with E-state index in [-0.39, 0.29) is 6.42 Å². The van der Waals surface area contributed by atoms with Gasteiger partial charge in [0.2, 0.25) is 17.7 Å². The van der Waals surface area contributed by atoms with E-state index in [9.17, 15) is 24.0 Å². The summed E-state index contributed by atoms with van der Waals surface area (Å²) in [6.07, 6.45) is 1.46. The SMILES string of the molecule is CSCCC(NC(=O)C(C)NC(=O)CNC(=O)C(N)CC(=O)O)C(=O)O. The quantitative estimate of drug-likeness (QED) is 0.213. The Balaban J connectivity index is 4.39. The largest absolute Gasteiger partial charge is 0.481 e. The van der Waals surface area contributed by atoms with Gasteiger partial charge in [0.1, 0.15) is 12.1 Å². The second-order valence-electron chi connectivity index (χ2n) is 5.39. The lowest BCUT2D eigenvalue weighted by molar-refractivity contribution is -0.142. The van der Waals surface area contributed by atoms with Crippen molar-refractivity contribution in [3.05, 3.63) is 0 Å². The summed E-state index contributed by atoms with van der Waals surface area (Å²) in [5.74, 6) is -4.09. The number of amides is 3. The zero-order valence-corrected chi connectivity index (χ0v) is 15.3. The molecule has 0 heterocycles. The van der Waals surface area contributed by atoms with Crippen molar-refractivity contribution in [3.63, 3.8) is 0 Å². The number of carbonyl (C=O) groups is 5. The molecule has 0 aromatic rings. The van der Waals surface area contributed by atoms with Crippen LogP contribution in [0, 0.1) is 0 Å². The lowest BCUT2D eigenvalue weighted by Gasteiger charge is -2.18. The molecule has 11 nitrogen and oxygen atoms in total. The minimum absolute atomic E-state index is 0.237. The van der Waals surface area contributed by atoms with Gasteiger partial charge in [-0.2, -0.15) is 11.8 Å². The van der Waals surface area contributed by atoms with Gasteiger partial charge < -0.3 is 31.9 Å². The molecule has 3 atom stereocenters. The fourth-order valence-corrected chi connectivity index (χ4v) is 2.20. The molecule has 0 aliphatic carbocycles. The first-order valence-corrected chi connectivity index (χ1v) is 9.04. The molecule has 0 fully saturated rings. The summed E-state index contributed by atoms with van der Waals surface area (Å²) in [6, 6.07) is -3.39. The van der Waals surface area contributed by atoms with E-state index in [1.54, 1.807) is 6.26 Å². The van der Waals surface area contributed by atoms with Crippen molar-refractivity contribution in [1.29, 1.82) is 0 Å². The van der Waals surface area contributed by atoms with E-state index in [2.05, 4.69) is 16.0 Å². The average Bonchev–Trinajstić information content (AvgIpc) is 2.54. The van der Waals surface area contributed by atoms with Crippen LogP contribution in [0.25, 0.3) is 0 Å². The lowest BCUT2D eigenvalue weighted by atomic mass is 10.2. The summed E-state index contributed by atoms with van der Waals surface area (Å²) in [5.41, 5.74) is 5.33. The van der Waals surface area contributed by atoms with Gasteiger partial charge in [0, 0.05) is 0 Å². The second kappa shape index (κ2) is 12.1. The third kappa shape index (κ3) is 9.84. The Morgan fingerprint density at radius 2 is 1.69 bits per heavy atom. The highest BCUT2D eigenvalue weighted by molar-refractivity contribution is 7.98. The molecule has 0 saturated carbocycles. The molecule has 148 valence electrons. The Hall–Kier alpha value is -2.34. The van der Waals surface area contributed by atoms with Gasteiger partial charge in [-0.1, -0.05) is 0 Å². The predicted molar refractivity (Wildman–Crippen MR) is 93.4 cm³/mol. The molecule has 0 aromatic carbocycles. The standard InChI is InChI=1S/C14H24N4O7S/c1-7(12(22)18-9(14(24)25)3-4-26-2)17-10(19)6-16-13(23)8(15)5-11(20)21/h7-9H,3-6,15H2,1-2H3,(H,16,23)(H,17,19)(H,18,22)(H,20,21)(H,24,25). The number of carboxylic acid groups (broad SMARTS) is 2. The lowest BCUT2D eigenvalue weighted by Crippen LogP contribution is -2.52. The van der Waals surface area contributed by atoms with Crippen molar-refractivity contribution in [2.45, 2.75) is 37.9 Å². The van der Waals surface area contributed by atoms with Crippen LogP contribution in [0.15, 0.2) is 0 Å². The summed E-state index contributed by atoms with van der Waals surface area (Å²) < 4.78 is 0. The zero-order valence-electron chi connectivity index (χ0n) is 14.5. The summed E-state index contributed by atoms with van der Waals surface area (Å²) in [5, 5.41) is 24.4. The van der Waals surface area contributed by atoms with Gasteiger partial charge in [-0.15, -0.1) is 0 Å². The maximum Gasteiger partial charge on any atom is 0.326 e. The second-order valence-corrected chi connectivity index (χ2v) is 6.38. The zero-order chi connectivity index (χ0) is 20.3. The van der Waals surface area contributed by atoms with Gasteiger partial charge in [0.05, 0.1) is 19.0 Å². The monoisotopic (exact) mass is 392 g/mol. The summed E-state index contributed by atoms with van der Waals surface area (Å²) in [4.78, 5) is 56.7. The average molecular weight is 392 g/mol. The molecule has 0 saturated heterocycles. The number of carbonyl (C=O) groups excluding carboxylic acids is 3. The van der Waals surface area contributed by atoms with E-state index in [0.29, 0.717) is 5.75 Å². The number of rotatable bonds is 12. The first-order valence-electron chi connectivity index (χ1n) is 7.65. The molecule has 3 unspecified atom stereocenters. The molecular weight excluding hydrogens is 368 g/mol. The fraction of sp³-hybridized carbons (Fsp3) is 0.643. The Bertz CT molecular complexity index is 543. The number of nitrogens with one attached hydrogen (secondary N) is 3. The van der Waals surface area contributed by atoms with Gasteiger partial charge in [-0.25, -0.2) is 4.79 Å². The highest BCUT2D eigenvalue weighted by Crippen LogP contribution is 2.01. The van der Waals surface area contributed by atoms with Crippen molar-refractivity contribution < 1.29 is 34.2 Å². The number of nitrogens with two attached hydrogens (primary N) is 1.